The van der Waals surface area contributed by atoms with Gasteiger partial charge in [-0.05, 0) is 30.2 Å². The van der Waals surface area contributed by atoms with E-state index < -0.39 is 0 Å². The minimum absolute atomic E-state index is 0.0848. The molecule has 1 aromatic carbocycles. The Morgan fingerprint density at radius 2 is 1.89 bits per heavy atom. The summed E-state index contributed by atoms with van der Waals surface area (Å²) in [7, 11) is 0. The van der Waals surface area contributed by atoms with Crippen LogP contribution in [-0.4, -0.2) is 58.0 Å². The van der Waals surface area contributed by atoms with Gasteiger partial charge in [0.1, 0.15) is 5.69 Å². The Morgan fingerprint density at radius 1 is 1.04 bits per heavy atom. The van der Waals surface area contributed by atoms with Gasteiger partial charge < -0.3 is 9.88 Å². The van der Waals surface area contributed by atoms with Crippen molar-refractivity contribution in [2.45, 2.75) is 18.6 Å². The molecule has 4 heterocycles. The van der Waals surface area contributed by atoms with Gasteiger partial charge in [0, 0.05) is 49.5 Å². The van der Waals surface area contributed by atoms with Crippen LogP contribution < -0.4 is 10.9 Å². The van der Waals surface area contributed by atoms with Crippen molar-refractivity contribution in [1.82, 2.24) is 30.6 Å². The number of carbonyl (C=O) groups is 1. The lowest BCUT2D eigenvalue weighted by Gasteiger charge is -2.37. The van der Waals surface area contributed by atoms with Crippen LogP contribution in [0.15, 0.2) is 54.9 Å². The third-order valence-electron chi connectivity index (χ3n) is 5.77. The first-order chi connectivity index (χ1) is 13.8. The molecule has 7 heteroatoms. The number of rotatable bonds is 3. The molecule has 0 radical (unpaired) electrons. The van der Waals surface area contributed by atoms with Crippen LogP contribution in [0.25, 0.3) is 10.9 Å². The molecule has 2 atom stereocenters. The van der Waals surface area contributed by atoms with Crippen molar-refractivity contribution < 1.29 is 4.79 Å². The number of amides is 1. The zero-order valence-corrected chi connectivity index (χ0v) is 15.6. The molecule has 144 valence electrons. The van der Waals surface area contributed by atoms with Gasteiger partial charge in [-0.3, -0.25) is 14.7 Å². The van der Waals surface area contributed by atoms with Crippen LogP contribution in [0.1, 0.15) is 28.5 Å². The Balaban J connectivity index is 1.19. The van der Waals surface area contributed by atoms with Gasteiger partial charge in [0.25, 0.3) is 5.91 Å². The quantitative estimate of drug-likeness (QED) is 0.651. The molecule has 7 nitrogen and oxygen atoms in total. The molecule has 28 heavy (non-hydrogen) atoms. The number of para-hydroxylation sites is 1. The number of nitrogens with one attached hydrogen (secondary N) is 3. The maximum Gasteiger partial charge on any atom is 0.270 e. The topological polar surface area (TPSA) is 76.3 Å². The van der Waals surface area contributed by atoms with Crippen molar-refractivity contribution in [1.29, 1.82) is 0 Å². The van der Waals surface area contributed by atoms with E-state index in [0.717, 1.165) is 43.5 Å². The van der Waals surface area contributed by atoms with Gasteiger partial charge in [0.15, 0.2) is 0 Å². The zero-order chi connectivity index (χ0) is 18.9. The molecule has 5 rings (SSSR count). The van der Waals surface area contributed by atoms with Crippen LogP contribution in [0, 0.1) is 0 Å². The second-order valence-electron chi connectivity index (χ2n) is 7.48. The summed E-state index contributed by atoms with van der Waals surface area (Å²) in [6, 6.07) is 14.3. The van der Waals surface area contributed by atoms with Crippen LogP contribution in [0.5, 0.6) is 0 Å². The highest BCUT2D eigenvalue weighted by atomic mass is 16.2. The summed E-state index contributed by atoms with van der Waals surface area (Å²) in [5.74, 6) is 0.0848. The number of aromatic amines is 1. The molecule has 2 unspecified atom stereocenters. The van der Waals surface area contributed by atoms with E-state index in [9.17, 15) is 4.79 Å². The number of aromatic nitrogens is 2. The predicted molar refractivity (Wildman–Crippen MR) is 107 cm³/mol. The van der Waals surface area contributed by atoms with E-state index >= 15 is 0 Å². The molecule has 3 aromatic rings. The number of carbonyl (C=O) groups excluding carboxylic acids is 1. The number of hydrogen-bond donors (Lipinski definition) is 3. The van der Waals surface area contributed by atoms with Gasteiger partial charge in [0.05, 0.1) is 12.2 Å². The smallest absolute Gasteiger partial charge is 0.270 e. The molecule has 2 aliphatic heterocycles. The Morgan fingerprint density at radius 3 is 2.68 bits per heavy atom. The Kier molecular flexibility index (Phi) is 4.56. The minimum Gasteiger partial charge on any atom is -0.351 e. The standard InChI is InChI=1S/C21H24N6O/c28-21(19-12-15-4-1-2-6-17(15)23-19)27-10-8-26(9-11-27)20-13-18(24-25-20)16-5-3-7-22-14-16/h1-7,12,14,18,20,23-25H,8-11,13H2. The molecule has 0 spiro atoms. The number of hydrogen-bond acceptors (Lipinski definition) is 5. The van der Waals surface area contributed by atoms with E-state index in [1.54, 1.807) is 6.20 Å². The first-order valence-electron chi connectivity index (χ1n) is 9.80. The van der Waals surface area contributed by atoms with Crippen molar-refractivity contribution in [2.24, 2.45) is 0 Å². The van der Waals surface area contributed by atoms with Crippen molar-refractivity contribution in [2.75, 3.05) is 26.2 Å². The third-order valence-corrected chi connectivity index (χ3v) is 5.77. The first-order valence-corrected chi connectivity index (χ1v) is 9.80. The highest BCUT2D eigenvalue weighted by Crippen LogP contribution is 2.24. The number of hydrazine groups is 1. The average Bonchev–Trinajstić information content (AvgIpc) is 3.41. The number of piperazine rings is 1. The highest BCUT2D eigenvalue weighted by molar-refractivity contribution is 5.98. The molecule has 2 aromatic heterocycles. The summed E-state index contributed by atoms with van der Waals surface area (Å²) in [6.07, 6.45) is 4.98. The lowest BCUT2D eigenvalue weighted by atomic mass is 10.1. The van der Waals surface area contributed by atoms with Gasteiger partial charge in [-0.15, -0.1) is 0 Å². The Labute approximate surface area is 163 Å². The van der Waals surface area contributed by atoms with Crippen molar-refractivity contribution in [3.05, 3.63) is 66.1 Å². The normalized spacial score (nSPS) is 23.4. The molecular weight excluding hydrogens is 352 g/mol. The maximum absolute atomic E-state index is 12.9. The van der Waals surface area contributed by atoms with Crippen LogP contribution in [-0.2, 0) is 0 Å². The number of H-pyrrole nitrogens is 1. The second-order valence-corrected chi connectivity index (χ2v) is 7.48. The van der Waals surface area contributed by atoms with E-state index in [4.69, 9.17) is 0 Å². The molecule has 2 saturated heterocycles. The van der Waals surface area contributed by atoms with Gasteiger partial charge in [0.2, 0.25) is 0 Å². The maximum atomic E-state index is 12.9. The van der Waals surface area contributed by atoms with Crippen LogP contribution in [0.4, 0.5) is 0 Å². The fraction of sp³-hybridized carbons (Fsp3) is 0.333. The summed E-state index contributed by atoms with van der Waals surface area (Å²) in [5, 5.41) is 1.08. The van der Waals surface area contributed by atoms with Gasteiger partial charge in [-0.25, -0.2) is 10.9 Å². The first kappa shape index (κ1) is 17.4. The largest absolute Gasteiger partial charge is 0.351 e. The number of nitrogens with zero attached hydrogens (tertiary/aromatic N) is 3. The summed E-state index contributed by atoms with van der Waals surface area (Å²) >= 11 is 0. The van der Waals surface area contributed by atoms with Crippen LogP contribution >= 0.6 is 0 Å². The van der Waals surface area contributed by atoms with E-state index in [1.165, 1.54) is 5.56 Å². The highest BCUT2D eigenvalue weighted by Gasteiger charge is 2.32. The minimum atomic E-state index is 0.0848. The lowest BCUT2D eigenvalue weighted by molar-refractivity contribution is 0.0540. The molecule has 0 bridgehead atoms. The molecule has 0 aliphatic carbocycles. The van der Waals surface area contributed by atoms with Gasteiger partial charge in [-0.1, -0.05) is 24.3 Å². The van der Waals surface area contributed by atoms with Crippen LogP contribution in [0.2, 0.25) is 0 Å². The van der Waals surface area contributed by atoms with E-state index in [0.29, 0.717) is 5.69 Å². The molecule has 2 fully saturated rings. The van der Waals surface area contributed by atoms with E-state index in [1.807, 2.05) is 47.5 Å². The monoisotopic (exact) mass is 376 g/mol. The summed E-state index contributed by atoms with van der Waals surface area (Å²) in [5.41, 5.74) is 9.66. The van der Waals surface area contributed by atoms with Crippen LogP contribution in [0.3, 0.4) is 0 Å². The predicted octanol–water partition coefficient (Wildman–Crippen LogP) is 1.89. The van der Waals surface area contributed by atoms with Crippen molar-refractivity contribution in [3.63, 3.8) is 0 Å². The SMILES string of the molecule is O=C(c1cc2ccccc2[nH]1)N1CCN(C2CC(c3cccnc3)NN2)CC1. The average molecular weight is 376 g/mol. The van der Waals surface area contributed by atoms with E-state index in [2.05, 4.69) is 31.8 Å². The Bertz CT molecular complexity index is 930. The molecular formula is C21H24N6O. The summed E-state index contributed by atoms with van der Waals surface area (Å²) in [6.45, 7) is 3.21. The number of benzene rings is 1. The number of fused-ring (bicyclic) bond motifs is 1. The van der Waals surface area contributed by atoms with E-state index in [-0.39, 0.29) is 18.1 Å². The second kappa shape index (κ2) is 7.35. The Hall–Kier alpha value is -2.74. The summed E-state index contributed by atoms with van der Waals surface area (Å²) < 4.78 is 0. The van der Waals surface area contributed by atoms with Gasteiger partial charge >= 0.3 is 0 Å². The molecule has 0 saturated carbocycles. The third kappa shape index (κ3) is 3.28. The molecule has 1 amide bonds. The fourth-order valence-corrected chi connectivity index (χ4v) is 4.18. The van der Waals surface area contributed by atoms with Gasteiger partial charge in [-0.2, -0.15) is 0 Å². The summed E-state index contributed by atoms with van der Waals surface area (Å²) in [4.78, 5) is 24.7. The number of pyridine rings is 1. The fourth-order valence-electron chi connectivity index (χ4n) is 4.18. The molecule has 2 aliphatic rings. The van der Waals surface area contributed by atoms with Crippen molar-refractivity contribution in [3.8, 4) is 0 Å². The van der Waals surface area contributed by atoms with Crippen molar-refractivity contribution >= 4 is 16.8 Å². The molecule has 3 N–H and O–H groups in total. The lowest BCUT2D eigenvalue weighted by Crippen LogP contribution is -2.55. The zero-order valence-electron chi connectivity index (χ0n) is 15.6.